The van der Waals surface area contributed by atoms with Crippen molar-refractivity contribution in [1.29, 1.82) is 0 Å². The summed E-state index contributed by atoms with van der Waals surface area (Å²) in [4.78, 5) is 22.1. The normalized spacial score (nSPS) is 15.2. The average Bonchev–Trinajstić information content (AvgIpc) is 3.19. The van der Waals surface area contributed by atoms with Crippen LogP contribution < -0.4 is 10.5 Å². The molecule has 3 aromatic heterocycles. The molecular weight excluding hydrogens is 393 g/mol. The van der Waals surface area contributed by atoms with Crippen molar-refractivity contribution in [3.05, 3.63) is 76.7 Å². The van der Waals surface area contributed by atoms with Crippen molar-refractivity contribution in [3.8, 4) is 0 Å². The molecule has 5 rings (SSSR count). The van der Waals surface area contributed by atoms with E-state index in [1.165, 1.54) is 17.8 Å². The van der Waals surface area contributed by atoms with E-state index in [9.17, 15) is 9.18 Å². The summed E-state index contributed by atoms with van der Waals surface area (Å²) >= 11 is 0. The van der Waals surface area contributed by atoms with Crippen LogP contribution in [0.5, 0.6) is 0 Å². The van der Waals surface area contributed by atoms with Gasteiger partial charge < -0.3 is 13.9 Å². The van der Waals surface area contributed by atoms with Gasteiger partial charge in [0.05, 0.1) is 11.0 Å². The Hall–Kier alpha value is -3.19. The lowest BCUT2D eigenvalue weighted by molar-refractivity contribution is 0.250. The Morgan fingerprint density at radius 2 is 1.65 bits per heavy atom. The zero-order chi connectivity index (χ0) is 21.4. The first-order valence-corrected chi connectivity index (χ1v) is 10.8. The van der Waals surface area contributed by atoms with E-state index in [1.807, 2.05) is 35.9 Å². The molecule has 1 aromatic carbocycles. The van der Waals surface area contributed by atoms with E-state index in [1.54, 1.807) is 10.6 Å². The second kappa shape index (κ2) is 8.15. The van der Waals surface area contributed by atoms with Crippen LogP contribution in [0.1, 0.15) is 12.1 Å². The van der Waals surface area contributed by atoms with Crippen LogP contribution in [-0.2, 0) is 6.54 Å². The van der Waals surface area contributed by atoms with Crippen LogP contribution in [0.2, 0.25) is 0 Å². The summed E-state index contributed by atoms with van der Waals surface area (Å²) in [5.74, 6) is -0.292. The quantitative estimate of drug-likeness (QED) is 0.498. The minimum atomic E-state index is -0.292. The fourth-order valence-corrected chi connectivity index (χ4v) is 4.64. The summed E-state index contributed by atoms with van der Waals surface area (Å²) in [6.07, 6.45) is 4.54. The van der Waals surface area contributed by atoms with Crippen LogP contribution in [0.3, 0.4) is 0 Å². The van der Waals surface area contributed by atoms with Crippen LogP contribution in [-0.4, -0.2) is 51.6 Å². The van der Waals surface area contributed by atoms with E-state index in [-0.39, 0.29) is 11.4 Å². The number of anilines is 1. The molecule has 160 valence electrons. The second-order valence-corrected chi connectivity index (χ2v) is 8.17. The van der Waals surface area contributed by atoms with Crippen molar-refractivity contribution in [2.24, 2.45) is 0 Å². The van der Waals surface area contributed by atoms with Crippen LogP contribution in [0.15, 0.2) is 59.7 Å². The standard InChI is InChI=1S/C24H26FN5O/c1-18-3-5-22-24(31)29(21-6-4-19(25)17-23(21)30(18)22)12-2-11-27-13-15-28(16-14-27)20-7-9-26-10-8-20/h3-10,17H,2,11-16H2,1H3. The summed E-state index contributed by atoms with van der Waals surface area (Å²) in [7, 11) is 0. The largest absolute Gasteiger partial charge is 0.369 e. The number of fused-ring (bicyclic) bond motifs is 3. The summed E-state index contributed by atoms with van der Waals surface area (Å²) in [6, 6.07) is 12.5. The van der Waals surface area contributed by atoms with Gasteiger partial charge in [-0.3, -0.25) is 14.7 Å². The van der Waals surface area contributed by atoms with Crippen LogP contribution in [0.4, 0.5) is 10.1 Å². The number of hydrogen-bond donors (Lipinski definition) is 0. The highest BCUT2D eigenvalue weighted by Gasteiger charge is 2.18. The average molecular weight is 420 g/mol. The summed E-state index contributed by atoms with van der Waals surface area (Å²) in [6.45, 7) is 7.47. The molecule has 0 N–H and O–H groups in total. The van der Waals surface area contributed by atoms with Crippen molar-refractivity contribution in [1.82, 2.24) is 18.9 Å². The number of aromatic nitrogens is 3. The molecule has 0 atom stereocenters. The van der Waals surface area contributed by atoms with Crippen LogP contribution >= 0.6 is 0 Å². The Bertz CT molecular complexity index is 1270. The predicted molar refractivity (Wildman–Crippen MR) is 121 cm³/mol. The molecule has 1 saturated heterocycles. The maximum Gasteiger partial charge on any atom is 0.275 e. The number of halogens is 1. The first-order chi connectivity index (χ1) is 15.1. The van der Waals surface area contributed by atoms with Crippen LogP contribution in [0, 0.1) is 12.7 Å². The Morgan fingerprint density at radius 1 is 0.903 bits per heavy atom. The minimum absolute atomic E-state index is 0.0188. The summed E-state index contributed by atoms with van der Waals surface area (Å²) in [5, 5.41) is 0. The molecule has 31 heavy (non-hydrogen) atoms. The highest BCUT2D eigenvalue weighted by molar-refractivity contribution is 5.79. The number of pyridine rings is 1. The zero-order valence-electron chi connectivity index (χ0n) is 17.7. The smallest absolute Gasteiger partial charge is 0.275 e. The van der Waals surface area contributed by atoms with Crippen molar-refractivity contribution in [2.45, 2.75) is 19.9 Å². The molecule has 4 heterocycles. The van der Waals surface area contributed by atoms with Crippen LogP contribution in [0.25, 0.3) is 16.6 Å². The summed E-state index contributed by atoms with van der Waals surface area (Å²) in [5.41, 5.74) is 4.25. The lowest BCUT2D eigenvalue weighted by Crippen LogP contribution is -2.46. The Morgan fingerprint density at radius 3 is 2.42 bits per heavy atom. The molecule has 0 amide bonds. The highest BCUT2D eigenvalue weighted by atomic mass is 19.1. The van der Waals surface area contributed by atoms with Gasteiger partial charge in [-0.05, 0) is 62.4 Å². The van der Waals surface area contributed by atoms with Gasteiger partial charge in [0.2, 0.25) is 0 Å². The number of rotatable bonds is 5. The molecule has 0 radical (unpaired) electrons. The maximum absolute atomic E-state index is 14.0. The van der Waals surface area contributed by atoms with Gasteiger partial charge in [-0.25, -0.2) is 4.39 Å². The Balaban J connectivity index is 1.30. The lowest BCUT2D eigenvalue weighted by atomic mass is 10.2. The third-order valence-electron chi connectivity index (χ3n) is 6.27. The molecule has 7 heteroatoms. The SMILES string of the molecule is Cc1ccc2c(=O)n(CCCN3CCN(c4ccncc4)CC3)c3ccc(F)cc3n12. The first-order valence-electron chi connectivity index (χ1n) is 10.8. The monoisotopic (exact) mass is 419 g/mol. The minimum Gasteiger partial charge on any atom is -0.369 e. The Kier molecular flexibility index (Phi) is 5.19. The Labute approximate surface area is 180 Å². The third kappa shape index (κ3) is 3.70. The molecule has 1 aliphatic rings. The van der Waals surface area contributed by atoms with E-state index in [0.717, 1.165) is 55.9 Å². The van der Waals surface area contributed by atoms with Crippen molar-refractivity contribution >= 4 is 22.2 Å². The number of piperazine rings is 1. The lowest BCUT2D eigenvalue weighted by Gasteiger charge is -2.36. The molecule has 0 spiro atoms. The molecule has 4 aromatic rings. The predicted octanol–water partition coefficient (Wildman–Crippen LogP) is 3.31. The van der Waals surface area contributed by atoms with Gasteiger partial charge in [-0.1, -0.05) is 0 Å². The number of hydrogen-bond acceptors (Lipinski definition) is 4. The topological polar surface area (TPSA) is 45.8 Å². The number of aryl methyl sites for hydroxylation is 2. The van der Waals surface area contributed by atoms with Gasteiger partial charge >= 0.3 is 0 Å². The summed E-state index contributed by atoms with van der Waals surface area (Å²) < 4.78 is 17.6. The molecule has 1 aliphatic heterocycles. The molecular formula is C24H26FN5O. The number of benzene rings is 1. The molecule has 0 saturated carbocycles. The van der Waals surface area contributed by atoms with Gasteiger partial charge in [-0.15, -0.1) is 0 Å². The fraction of sp³-hybridized carbons (Fsp3) is 0.333. The van der Waals surface area contributed by atoms with E-state index in [2.05, 4.69) is 26.9 Å². The molecule has 0 unspecified atom stereocenters. The van der Waals surface area contributed by atoms with Gasteiger partial charge in [0.25, 0.3) is 5.56 Å². The second-order valence-electron chi connectivity index (χ2n) is 8.17. The van der Waals surface area contributed by atoms with Gasteiger partial charge in [0.1, 0.15) is 11.3 Å². The molecule has 1 fully saturated rings. The first kappa shape index (κ1) is 19.8. The van der Waals surface area contributed by atoms with Gasteiger partial charge in [0, 0.05) is 56.5 Å². The van der Waals surface area contributed by atoms with E-state index in [0.29, 0.717) is 12.1 Å². The van der Waals surface area contributed by atoms with Crippen molar-refractivity contribution in [2.75, 3.05) is 37.6 Å². The van der Waals surface area contributed by atoms with Crippen molar-refractivity contribution in [3.63, 3.8) is 0 Å². The van der Waals surface area contributed by atoms with E-state index in [4.69, 9.17) is 0 Å². The highest BCUT2D eigenvalue weighted by Crippen LogP contribution is 2.20. The molecule has 0 aliphatic carbocycles. The fourth-order valence-electron chi connectivity index (χ4n) is 4.64. The maximum atomic E-state index is 14.0. The van der Waals surface area contributed by atoms with Gasteiger partial charge in [-0.2, -0.15) is 0 Å². The molecule has 0 bridgehead atoms. The third-order valence-corrected chi connectivity index (χ3v) is 6.27. The van der Waals surface area contributed by atoms with Gasteiger partial charge in [0.15, 0.2) is 0 Å². The zero-order valence-corrected chi connectivity index (χ0v) is 17.7. The van der Waals surface area contributed by atoms with E-state index < -0.39 is 0 Å². The number of nitrogens with zero attached hydrogens (tertiary/aromatic N) is 5. The van der Waals surface area contributed by atoms with E-state index >= 15 is 0 Å². The van der Waals surface area contributed by atoms with Crippen molar-refractivity contribution < 1.29 is 4.39 Å². The molecule has 6 nitrogen and oxygen atoms in total.